The summed E-state index contributed by atoms with van der Waals surface area (Å²) in [4.78, 5) is 41.3. The Kier molecular flexibility index (Phi) is 5.67. The van der Waals surface area contributed by atoms with Crippen LogP contribution in [0.5, 0.6) is 0 Å². The average molecular weight is 391 g/mol. The van der Waals surface area contributed by atoms with Gasteiger partial charge in [-0.15, -0.1) is 11.3 Å². The first-order valence-electron chi connectivity index (χ1n) is 9.21. The first kappa shape index (κ1) is 19.6. The number of nitrogen functional groups attached to an aromatic ring is 1. The van der Waals surface area contributed by atoms with Crippen molar-refractivity contribution < 1.29 is 4.79 Å². The van der Waals surface area contributed by atoms with Gasteiger partial charge in [0.1, 0.15) is 11.4 Å². The van der Waals surface area contributed by atoms with Crippen molar-refractivity contribution in [1.29, 1.82) is 0 Å². The molecule has 0 spiro atoms. The second-order valence-corrected chi connectivity index (χ2v) is 8.46. The summed E-state index contributed by atoms with van der Waals surface area (Å²) in [6.45, 7) is 5.20. The zero-order valence-corrected chi connectivity index (χ0v) is 16.8. The number of Topliss-reactive ketones (excluding diaryl/α,β-unsaturated/α-hetero) is 1. The maximum atomic E-state index is 13.0. The molecule has 3 rings (SSSR count). The van der Waals surface area contributed by atoms with Crippen molar-refractivity contribution in [3.63, 3.8) is 0 Å². The zero-order valence-electron chi connectivity index (χ0n) is 16.0. The van der Waals surface area contributed by atoms with Crippen LogP contribution in [0.25, 0.3) is 0 Å². The highest BCUT2D eigenvalue weighted by atomic mass is 32.1. The molecule has 1 aliphatic heterocycles. The smallest absolute Gasteiger partial charge is 0.332 e. The van der Waals surface area contributed by atoms with E-state index in [4.69, 9.17) is 5.73 Å². The third-order valence-corrected chi connectivity index (χ3v) is 5.97. The molecule has 2 N–H and O–H groups in total. The highest BCUT2D eigenvalue weighted by molar-refractivity contribution is 7.10. The van der Waals surface area contributed by atoms with Crippen LogP contribution in [0.2, 0.25) is 0 Å². The molecule has 2 aromatic heterocycles. The van der Waals surface area contributed by atoms with Crippen LogP contribution in [0.1, 0.15) is 48.0 Å². The van der Waals surface area contributed by atoms with Crippen LogP contribution < -0.4 is 17.0 Å². The van der Waals surface area contributed by atoms with Crippen molar-refractivity contribution in [1.82, 2.24) is 14.0 Å². The molecule has 0 bridgehead atoms. The molecule has 0 saturated carbocycles. The molecule has 0 aromatic carbocycles. The van der Waals surface area contributed by atoms with E-state index in [9.17, 15) is 14.4 Å². The van der Waals surface area contributed by atoms with Crippen LogP contribution in [-0.4, -0.2) is 32.9 Å². The maximum absolute atomic E-state index is 13.0. The van der Waals surface area contributed by atoms with E-state index in [0.29, 0.717) is 6.54 Å². The van der Waals surface area contributed by atoms with Crippen LogP contribution >= 0.6 is 11.3 Å². The number of carbonyl (C=O) groups is 1. The van der Waals surface area contributed by atoms with Crippen LogP contribution in [0, 0.1) is 5.92 Å². The van der Waals surface area contributed by atoms with Crippen molar-refractivity contribution in [3.05, 3.63) is 48.8 Å². The van der Waals surface area contributed by atoms with E-state index in [2.05, 4.69) is 11.0 Å². The number of anilines is 1. The number of thiophene rings is 1. The van der Waals surface area contributed by atoms with Gasteiger partial charge in [-0.25, -0.2) is 4.79 Å². The molecular formula is C19H26N4O3S. The largest absolute Gasteiger partial charge is 0.384 e. The Morgan fingerprint density at radius 2 is 2.11 bits per heavy atom. The number of aromatic nitrogens is 2. The summed E-state index contributed by atoms with van der Waals surface area (Å²) >= 11 is 1.68. The third kappa shape index (κ3) is 3.77. The lowest BCUT2D eigenvalue weighted by atomic mass is 10.1. The van der Waals surface area contributed by atoms with E-state index >= 15 is 0 Å². The Morgan fingerprint density at radius 3 is 2.74 bits per heavy atom. The molecule has 2 aromatic rings. The molecule has 1 atom stereocenters. The lowest BCUT2D eigenvalue weighted by molar-refractivity contribution is 0.0920. The summed E-state index contributed by atoms with van der Waals surface area (Å²) in [5.41, 5.74) is 4.94. The molecule has 27 heavy (non-hydrogen) atoms. The predicted molar refractivity (Wildman–Crippen MR) is 107 cm³/mol. The van der Waals surface area contributed by atoms with Crippen LogP contribution in [0.3, 0.4) is 0 Å². The quantitative estimate of drug-likeness (QED) is 0.761. The maximum Gasteiger partial charge on any atom is 0.332 e. The van der Waals surface area contributed by atoms with Crippen molar-refractivity contribution >= 4 is 22.9 Å². The fourth-order valence-corrected chi connectivity index (χ4v) is 4.56. The van der Waals surface area contributed by atoms with Gasteiger partial charge in [0.25, 0.3) is 5.56 Å². The first-order valence-corrected chi connectivity index (χ1v) is 10.1. The third-order valence-electron chi connectivity index (χ3n) is 4.99. The first-order chi connectivity index (χ1) is 12.8. The average Bonchev–Trinajstić information content (AvgIpc) is 3.28. The fraction of sp³-hybridized carbons (Fsp3) is 0.526. The number of carbonyl (C=O) groups excluding carboxylic acids is 1. The number of nitrogens with two attached hydrogens (primary N) is 1. The minimum Gasteiger partial charge on any atom is -0.384 e. The van der Waals surface area contributed by atoms with E-state index in [1.54, 1.807) is 11.3 Å². The van der Waals surface area contributed by atoms with Gasteiger partial charge in [0.05, 0.1) is 6.54 Å². The summed E-state index contributed by atoms with van der Waals surface area (Å²) in [6.07, 6.45) is 2.00. The summed E-state index contributed by atoms with van der Waals surface area (Å²) in [5, 5.41) is 2.03. The minimum absolute atomic E-state index is 0.0197. The fourth-order valence-electron chi connectivity index (χ4n) is 3.67. The van der Waals surface area contributed by atoms with Crippen LogP contribution in [0.4, 0.5) is 5.82 Å². The van der Waals surface area contributed by atoms with Gasteiger partial charge in [-0.2, -0.15) is 0 Å². The molecule has 146 valence electrons. The SMILES string of the molecule is CC(C)Cn1c(N)c(C(=O)CN2CCCC2c2cccs2)c(=O)n(C)c1=O. The van der Waals surface area contributed by atoms with Gasteiger partial charge < -0.3 is 5.73 Å². The van der Waals surface area contributed by atoms with Gasteiger partial charge in [-0.3, -0.25) is 23.6 Å². The Bertz CT molecular complexity index is 943. The summed E-state index contributed by atoms with van der Waals surface area (Å²) in [6, 6.07) is 4.28. The molecule has 8 heteroatoms. The molecule has 7 nitrogen and oxygen atoms in total. The van der Waals surface area contributed by atoms with E-state index in [-0.39, 0.29) is 35.7 Å². The van der Waals surface area contributed by atoms with Crippen molar-refractivity contribution in [3.8, 4) is 0 Å². The van der Waals surface area contributed by atoms with Crippen molar-refractivity contribution in [2.24, 2.45) is 13.0 Å². The predicted octanol–water partition coefficient (Wildman–Crippen LogP) is 1.87. The van der Waals surface area contributed by atoms with Gasteiger partial charge in [-0.1, -0.05) is 19.9 Å². The lowest BCUT2D eigenvalue weighted by Gasteiger charge is -2.23. The van der Waals surface area contributed by atoms with Gasteiger partial charge >= 0.3 is 5.69 Å². The topological polar surface area (TPSA) is 90.3 Å². The number of likely N-dealkylation sites (tertiary alicyclic amines) is 1. The normalized spacial score (nSPS) is 17.7. The van der Waals surface area contributed by atoms with Crippen molar-refractivity contribution in [2.75, 3.05) is 18.8 Å². The van der Waals surface area contributed by atoms with Gasteiger partial charge in [0.15, 0.2) is 5.78 Å². The number of ketones is 1. The molecule has 0 radical (unpaired) electrons. The Hall–Kier alpha value is -2.19. The molecule has 1 aliphatic rings. The second-order valence-electron chi connectivity index (χ2n) is 7.48. The van der Waals surface area contributed by atoms with Crippen LogP contribution in [0.15, 0.2) is 27.1 Å². The number of hydrogen-bond donors (Lipinski definition) is 1. The number of hydrogen-bond acceptors (Lipinski definition) is 6. The highest BCUT2D eigenvalue weighted by Crippen LogP contribution is 2.34. The standard InChI is InChI=1S/C19H26N4O3S/c1-12(2)10-23-17(20)16(18(25)21(3)19(23)26)14(24)11-22-8-4-6-13(22)15-7-5-9-27-15/h5,7,9,12-13H,4,6,8,10-11,20H2,1-3H3. The van der Waals surface area contributed by atoms with E-state index in [0.717, 1.165) is 24.0 Å². The van der Waals surface area contributed by atoms with Gasteiger partial charge in [0, 0.05) is 24.5 Å². The molecule has 0 aliphatic carbocycles. The molecule has 1 saturated heterocycles. The molecular weight excluding hydrogens is 364 g/mol. The Morgan fingerprint density at radius 1 is 1.37 bits per heavy atom. The highest BCUT2D eigenvalue weighted by Gasteiger charge is 2.30. The Balaban J connectivity index is 1.94. The monoisotopic (exact) mass is 390 g/mol. The van der Waals surface area contributed by atoms with E-state index in [1.165, 1.54) is 16.5 Å². The van der Waals surface area contributed by atoms with Crippen LogP contribution in [-0.2, 0) is 13.6 Å². The van der Waals surface area contributed by atoms with Gasteiger partial charge in [0.2, 0.25) is 0 Å². The molecule has 3 heterocycles. The summed E-state index contributed by atoms with van der Waals surface area (Å²) < 4.78 is 2.31. The number of nitrogens with zero attached hydrogens (tertiary/aromatic N) is 3. The summed E-state index contributed by atoms with van der Waals surface area (Å²) in [7, 11) is 1.39. The zero-order chi connectivity index (χ0) is 19.7. The van der Waals surface area contributed by atoms with Gasteiger partial charge in [-0.05, 0) is 36.8 Å². The van der Waals surface area contributed by atoms with E-state index < -0.39 is 11.2 Å². The summed E-state index contributed by atoms with van der Waals surface area (Å²) in [5.74, 6) is -0.185. The van der Waals surface area contributed by atoms with E-state index in [1.807, 2.05) is 25.3 Å². The minimum atomic E-state index is -0.616. The second kappa shape index (κ2) is 7.82. The Labute approximate surface area is 162 Å². The number of rotatable bonds is 6. The molecule has 1 fully saturated rings. The van der Waals surface area contributed by atoms with Crippen molar-refractivity contribution in [2.45, 2.75) is 39.3 Å². The molecule has 1 unspecified atom stereocenters. The molecule has 0 amide bonds. The lowest BCUT2D eigenvalue weighted by Crippen LogP contribution is -2.44.